The van der Waals surface area contributed by atoms with Gasteiger partial charge in [-0.3, -0.25) is 19.5 Å². The molecule has 0 radical (unpaired) electrons. The van der Waals surface area contributed by atoms with Gasteiger partial charge in [-0.2, -0.15) is 0 Å². The fraction of sp³-hybridized carbons (Fsp3) is 0.400. The average molecular weight is 435 g/mol. The molecule has 2 amide bonds. The third-order valence-corrected chi connectivity index (χ3v) is 5.88. The number of amides is 2. The highest BCUT2D eigenvalue weighted by molar-refractivity contribution is 6.35. The highest BCUT2D eigenvalue weighted by atomic mass is 16.5. The summed E-state index contributed by atoms with van der Waals surface area (Å²) in [7, 11) is 0. The van der Waals surface area contributed by atoms with Gasteiger partial charge >= 0.3 is 0 Å². The Labute approximate surface area is 189 Å². The first kappa shape index (κ1) is 22.0. The second-order valence-corrected chi connectivity index (χ2v) is 8.39. The minimum absolute atomic E-state index is 0.0658. The van der Waals surface area contributed by atoms with E-state index in [1.54, 1.807) is 12.4 Å². The van der Waals surface area contributed by atoms with Crippen molar-refractivity contribution in [3.05, 3.63) is 65.6 Å². The van der Waals surface area contributed by atoms with Gasteiger partial charge in [-0.1, -0.05) is 19.1 Å². The van der Waals surface area contributed by atoms with E-state index in [1.807, 2.05) is 50.2 Å². The second-order valence-electron chi connectivity index (χ2n) is 8.39. The van der Waals surface area contributed by atoms with Gasteiger partial charge in [0.1, 0.15) is 11.4 Å². The maximum Gasteiger partial charge on any atom is 0.278 e. The molecule has 3 heterocycles. The largest absolute Gasteiger partial charge is 0.491 e. The molecule has 32 heavy (non-hydrogen) atoms. The molecule has 1 saturated heterocycles. The number of pyridine rings is 1. The molecule has 168 valence electrons. The SMILES string of the molecule is CCN1CCN(C2=C(c3ccc(OC(C)C)cc3)C(=O)N(Cc3ccncc3)C2=O)CC1. The smallest absolute Gasteiger partial charge is 0.278 e. The lowest BCUT2D eigenvalue weighted by atomic mass is 10.0. The van der Waals surface area contributed by atoms with Crippen molar-refractivity contribution in [3.63, 3.8) is 0 Å². The van der Waals surface area contributed by atoms with Gasteiger partial charge in [0.05, 0.1) is 18.2 Å². The number of hydrogen-bond donors (Lipinski definition) is 0. The van der Waals surface area contributed by atoms with Crippen LogP contribution in [0.2, 0.25) is 0 Å². The molecule has 0 spiro atoms. The van der Waals surface area contributed by atoms with Crippen LogP contribution in [-0.4, -0.2) is 70.3 Å². The molecule has 0 atom stereocenters. The first-order chi connectivity index (χ1) is 15.5. The average Bonchev–Trinajstić information content (AvgIpc) is 3.05. The number of hydrogen-bond acceptors (Lipinski definition) is 6. The maximum absolute atomic E-state index is 13.5. The molecule has 7 heteroatoms. The van der Waals surface area contributed by atoms with Gasteiger partial charge in [0.2, 0.25) is 0 Å². The number of imide groups is 1. The lowest BCUT2D eigenvalue weighted by molar-refractivity contribution is -0.138. The van der Waals surface area contributed by atoms with Crippen LogP contribution in [0.25, 0.3) is 5.57 Å². The highest BCUT2D eigenvalue weighted by Crippen LogP contribution is 2.34. The Kier molecular flexibility index (Phi) is 6.55. The molecular weight excluding hydrogens is 404 g/mol. The first-order valence-electron chi connectivity index (χ1n) is 11.2. The zero-order chi connectivity index (χ0) is 22.7. The van der Waals surface area contributed by atoms with E-state index >= 15 is 0 Å². The lowest BCUT2D eigenvalue weighted by Crippen LogP contribution is -2.47. The first-order valence-corrected chi connectivity index (χ1v) is 11.2. The number of carbonyl (C=O) groups is 2. The van der Waals surface area contributed by atoms with Crippen LogP contribution < -0.4 is 4.74 Å². The molecule has 2 aromatic rings. The molecule has 0 unspecified atom stereocenters. The summed E-state index contributed by atoms with van der Waals surface area (Å²) in [6.45, 7) is 10.5. The minimum atomic E-state index is -0.253. The predicted octanol–water partition coefficient (Wildman–Crippen LogP) is 2.79. The molecule has 2 aliphatic heterocycles. The molecule has 1 fully saturated rings. The second kappa shape index (κ2) is 9.53. The monoisotopic (exact) mass is 434 g/mol. The molecule has 1 aromatic heterocycles. The van der Waals surface area contributed by atoms with Crippen molar-refractivity contribution in [1.82, 2.24) is 19.7 Å². The van der Waals surface area contributed by atoms with E-state index < -0.39 is 0 Å². The highest BCUT2D eigenvalue weighted by Gasteiger charge is 2.42. The van der Waals surface area contributed by atoms with Crippen molar-refractivity contribution < 1.29 is 14.3 Å². The third kappa shape index (κ3) is 4.53. The zero-order valence-electron chi connectivity index (χ0n) is 19.0. The van der Waals surface area contributed by atoms with E-state index in [-0.39, 0.29) is 24.5 Å². The van der Waals surface area contributed by atoms with Crippen LogP contribution in [0.15, 0.2) is 54.5 Å². The van der Waals surface area contributed by atoms with E-state index in [0.29, 0.717) is 11.3 Å². The number of nitrogens with zero attached hydrogens (tertiary/aromatic N) is 4. The summed E-state index contributed by atoms with van der Waals surface area (Å²) in [5.74, 6) is 0.263. The molecule has 0 N–H and O–H groups in total. The van der Waals surface area contributed by atoms with Gasteiger partial charge in [-0.15, -0.1) is 0 Å². The summed E-state index contributed by atoms with van der Waals surface area (Å²) in [4.78, 5) is 36.8. The Morgan fingerprint density at radius 3 is 2.19 bits per heavy atom. The standard InChI is InChI=1S/C25H30N4O3/c1-4-27-13-15-28(16-14-27)23-22(20-5-7-21(8-6-20)32-18(2)3)24(30)29(25(23)31)17-19-9-11-26-12-10-19/h5-12,18H,4,13-17H2,1-3H3. The number of piperazine rings is 1. The molecule has 0 bridgehead atoms. The van der Waals surface area contributed by atoms with Crippen molar-refractivity contribution >= 4 is 17.4 Å². The molecule has 2 aliphatic rings. The van der Waals surface area contributed by atoms with Gasteiger partial charge in [0.25, 0.3) is 11.8 Å². The molecule has 0 aliphatic carbocycles. The van der Waals surface area contributed by atoms with Crippen molar-refractivity contribution in [1.29, 1.82) is 0 Å². The summed E-state index contributed by atoms with van der Waals surface area (Å²) in [6.07, 6.45) is 3.41. The number of ether oxygens (including phenoxy) is 1. The number of rotatable bonds is 7. The van der Waals surface area contributed by atoms with Crippen molar-refractivity contribution in [2.45, 2.75) is 33.4 Å². The summed E-state index contributed by atoms with van der Waals surface area (Å²) in [5.41, 5.74) is 2.60. The molecule has 1 aromatic carbocycles. The topological polar surface area (TPSA) is 66.0 Å². The van der Waals surface area contributed by atoms with E-state index in [0.717, 1.165) is 49.6 Å². The minimum Gasteiger partial charge on any atom is -0.491 e. The van der Waals surface area contributed by atoms with Gasteiger partial charge in [0.15, 0.2) is 0 Å². The van der Waals surface area contributed by atoms with Crippen LogP contribution >= 0.6 is 0 Å². The Bertz CT molecular complexity index is 994. The summed E-state index contributed by atoms with van der Waals surface area (Å²) >= 11 is 0. The maximum atomic E-state index is 13.5. The lowest BCUT2D eigenvalue weighted by Gasteiger charge is -2.36. The van der Waals surface area contributed by atoms with Gasteiger partial charge < -0.3 is 14.5 Å². The van der Waals surface area contributed by atoms with Crippen LogP contribution in [0.5, 0.6) is 5.75 Å². The fourth-order valence-corrected chi connectivity index (χ4v) is 4.19. The summed E-state index contributed by atoms with van der Waals surface area (Å²) in [6, 6.07) is 11.1. The Balaban J connectivity index is 1.68. The number of likely N-dealkylation sites (N-methyl/N-ethyl adjacent to an activating group) is 1. The van der Waals surface area contributed by atoms with Gasteiger partial charge in [-0.25, -0.2) is 0 Å². The zero-order valence-corrected chi connectivity index (χ0v) is 19.0. The third-order valence-electron chi connectivity index (χ3n) is 5.88. The van der Waals surface area contributed by atoms with Crippen LogP contribution in [0.1, 0.15) is 31.9 Å². The predicted molar refractivity (Wildman–Crippen MR) is 123 cm³/mol. The van der Waals surface area contributed by atoms with E-state index in [4.69, 9.17) is 4.74 Å². The van der Waals surface area contributed by atoms with Crippen molar-refractivity contribution in [2.75, 3.05) is 32.7 Å². The summed E-state index contributed by atoms with van der Waals surface area (Å²) in [5, 5.41) is 0. The van der Waals surface area contributed by atoms with E-state index in [9.17, 15) is 9.59 Å². The molecule has 4 rings (SSSR count). The molecule has 0 saturated carbocycles. The van der Waals surface area contributed by atoms with Crippen molar-refractivity contribution in [3.8, 4) is 5.75 Å². The van der Waals surface area contributed by atoms with Gasteiger partial charge in [-0.05, 0) is 55.8 Å². The van der Waals surface area contributed by atoms with Crippen LogP contribution in [0.3, 0.4) is 0 Å². The Hall–Kier alpha value is -3.19. The number of benzene rings is 1. The van der Waals surface area contributed by atoms with Crippen LogP contribution in [0, 0.1) is 0 Å². The van der Waals surface area contributed by atoms with E-state index in [2.05, 4.69) is 21.7 Å². The quantitative estimate of drug-likeness (QED) is 0.625. The van der Waals surface area contributed by atoms with Gasteiger partial charge in [0, 0.05) is 38.6 Å². The molecular formula is C25H30N4O3. The normalized spacial score (nSPS) is 17.6. The van der Waals surface area contributed by atoms with Crippen molar-refractivity contribution in [2.24, 2.45) is 0 Å². The number of carbonyl (C=O) groups excluding carboxylic acids is 2. The van der Waals surface area contributed by atoms with E-state index in [1.165, 1.54) is 4.90 Å². The Morgan fingerprint density at radius 2 is 1.59 bits per heavy atom. The number of aromatic nitrogens is 1. The van der Waals surface area contributed by atoms with Crippen LogP contribution in [0.4, 0.5) is 0 Å². The van der Waals surface area contributed by atoms with Crippen LogP contribution in [-0.2, 0) is 16.1 Å². The Morgan fingerprint density at radius 1 is 0.938 bits per heavy atom. The summed E-state index contributed by atoms with van der Waals surface area (Å²) < 4.78 is 5.75. The molecule has 7 nitrogen and oxygen atoms in total. The fourth-order valence-electron chi connectivity index (χ4n) is 4.19.